The van der Waals surface area contributed by atoms with Crippen LogP contribution in [0.1, 0.15) is 0 Å². The lowest BCUT2D eigenvalue weighted by molar-refractivity contribution is -0.385. The first-order valence-electron chi connectivity index (χ1n) is 15.0. The largest absolute Gasteiger partial charge is 0.495 e. The maximum absolute atomic E-state index is 12.5. The molecule has 0 aliphatic carbocycles. The SMILES string of the molecule is COc1ccc(F)cc1[N+](=O)[O-].COc1ccc(N2CCN(C)CC2)cc1N.COc1ccc(N2CCN(C)CC2)cc1N=C(N)N. The second-order valence-corrected chi connectivity index (χ2v) is 11.0. The molecule has 0 bridgehead atoms. The van der Waals surface area contributed by atoms with Crippen LogP contribution in [0.5, 0.6) is 17.2 Å². The van der Waals surface area contributed by atoms with E-state index in [9.17, 15) is 14.5 Å². The molecule has 0 amide bonds. The summed E-state index contributed by atoms with van der Waals surface area (Å²) in [6, 6.07) is 15.0. The van der Waals surface area contributed by atoms with Gasteiger partial charge in [0.05, 0.1) is 38.0 Å². The highest BCUT2D eigenvalue weighted by atomic mass is 19.1. The molecular weight excluding hydrogens is 609 g/mol. The number of likely N-dealkylation sites (N-methyl/N-ethyl adjacent to an activating group) is 2. The summed E-state index contributed by atoms with van der Waals surface area (Å²) >= 11 is 0. The number of nitrogens with zero attached hydrogens (tertiary/aromatic N) is 6. The van der Waals surface area contributed by atoms with Crippen LogP contribution in [0.2, 0.25) is 0 Å². The standard InChI is InChI=1S/C13H21N5O.C12H19N3O.C7H6FNO3/c1-17-5-7-18(8-6-17)10-3-4-12(19-2)11(9-10)16-13(14)15;1-14-5-7-15(8-6-14)10-3-4-12(16-2)11(13)9-10;1-12-7-3-2-5(8)4-6(7)9(10)11/h3-4,9H,5-8H2,1-2H3,(H4,14,15,16);3-4,9H,5-8,13H2,1-2H3;2-4H,1H3. The van der Waals surface area contributed by atoms with Crippen LogP contribution in [-0.4, -0.2) is 108 Å². The lowest BCUT2D eigenvalue weighted by Crippen LogP contribution is -2.44. The van der Waals surface area contributed by atoms with Crippen molar-refractivity contribution in [3.8, 4) is 17.2 Å². The first kappa shape index (κ1) is 36.4. The normalized spacial score (nSPS) is 14.9. The van der Waals surface area contributed by atoms with Gasteiger partial charge in [0.2, 0.25) is 0 Å². The average molecular weight is 656 g/mol. The number of piperazine rings is 2. The fraction of sp³-hybridized carbons (Fsp3) is 0.406. The number of guanidine groups is 1. The number of hydrogen-bond donors (Lipinski definition) is 3. The zero-order valence-corrected chi connectivity index (χ0v) is 27.7. The van der Waals surface area contributed by atoms with E-state index in [-0.39, 0.29) is 17.4 Å². The van der Waals surface area contributed by atoms with Gasteiger partial charge in [-0.3, -0.25) is 10.1 Å². The van der Waals surface area contributed by atoms with Crippen molar-refractivity contribution in [1.29, 1.82) is 0 Å². The van der Waals surface area contributed by atoms with Gasteiger partial charge < -0.3 is 51.0 Å². The molecule has 2 aliphatic rings. The van der Waals surface area contributed by atoms with E-state index in [4.69, 9.17) is 26.7 Å². The van der Waals surface area contributed by atoms with Gasteiger partial charge in [0.15, 0.2) is 11.7 Å². The summed E-state index contributed by atoms with van der Waals surface area (Å²) in [5, 5.41) is 10.3. The Kier molecular flexibility index (Phi) is 13.7. The van der Waals surface area contributed by atoms with Crippen molar-refractivity contribution < 1.29 is 23.5 Å². The average Bonchev–Trinajstić information content (AvgIpc) is 3.05. The van der Waals surface area contributed by atoms with Gasteiger partial charge in [-0.05, 0) is 62.6 Å². The zero-order chi connectivity index (χ0) is 34.5. The summed E-state index contributed by atoms with van der Waals surface area (Å²) in [6.45, 7) is 8.45. The first-order chi connectivity index (χ1) is 22.4. The van der Waals surface area contributed by atoms with Crippen molar-refractivity contribution in [3.05, 3.63) is 70.5 Å². The van der Waals surface area contributed by atoms with Crippen LogP contribution in [-0.2, 0) is 0 Å². The van der Waals surface area contributed by atoms with E-state index < -0.39 is 10.7 Å². The Bertz CT molecular complexity index is 1490. The van der Waals surface area contributed by atoms with Crippen molar-refractivity contribution in [1.82, 2.24) is 9.80 Å². The molecule has 0 unspecified atom stereocenters. The topological polar surface area (TPSA) is 174 Å². The minimum atomic E-state index is -0.693. The molecule has 0 saturated carbocycles. The molecule has 2 heterocycles. The van der Waals surface area contributed by atoms with E-state index in [1.807, 2.05) is 30.3 Å². The van der Waals surface area contributed by atoms with Crippen LogP contribution in [0.25, 0.3) is 0 Å². The maximum Gasteiger partial charge on any atom is 0.313 e. The van der Waals surface area contributed by atoms with Gasteiger partial charge in [-0.15, -0.1) is 0 Å². The molecule has 2 aliphatic heterocycles. The monoisotopic (exact) mass is 655 g/mol. The molecule has 6 N–H and O–H groups in total. The van der Waals surface area contributed by atoms with Crippen LogP contribution in [0.15, 0.2) is 59.6 Å². The van der Waals surface area contributed by atoms with Gasteiger partial charge >= 0.3 is 5.69 Å². The number of ether oxygens (including phenoxy) is 3. The molecule has 0 atom stereocenters. The molecule has 256 valence electrons. The summed E-state index contributed by atoms with van der Waals surface area (Å²) in [7, 11) is 8.83. The van der Waals surface area contributed by atoms with E-state index in [0.29, 0.717) is 17.1 Å². The molecule has 0 aromatic heterocycles. The number of hydrogen-bond acceptors (Lipinski definition) is 11. The Hall–Kier alpha value is -5.02. The number of nitro groups is 1. The number of halogens is 1. The van der Waals surface area contributed by atoms with E-state index in [1.165, 1.54) is 18.9 Å². The van der Waals surface area contributed by atoms with E-state index in [1.54, 1.807) is 14.2 Å². The highest BCUT2D eigenvalue weighted by Crippen LogP contribution is 2.32. The molecule has 5 rings (SSSR count). The lowest BCUT2D eigenvalue weighted by Gasteiger charge is -2.34. The Labute approximate surface area is 275 Å². The van der Waals surface area contributed by atoms with Gasteiger partial charge in [-0.2, -0.15) is 0 Å². The van der Waals surface area contributed by atoms with Crippen molar-refractivity contribution in [2.24, 2.45) is 16.5 Å². The number of rotatable bonds is 7. The van der Waals surface area contributed by atoms with Crippen LogP contribution in [0, 0.1) is 15.9 Å². The Morgan fingerprint density at radius 3 is 1.66 bits per heavy atom. The number of methoxy groups -OCH3 is 3. The summed E-state index contributed by atoms with van der Waals surface area (Å²) in [6.07, 6.45) is 0. The van der Waals surface area contributed by atoms with Gasteiger partial charge in [-0.25, -0.2) is 9.38 Å². The minimum absolute atomic E-state index is 0.0360. The maximum atomic E-state index is 12.5. The van der Waals surface area contributed by atoms with Gasteiger partial charge in [-0.1, -0.05) is 0 Å². The number of nitro benzene ring substituents is 1. The summed E-state index contributed by atoms with van der Waals surface area (Å²) in [4.78, 5) is 23.0. The van der Waals surface area contributed by atoms with Gasteiger partial charge in [0.25, 0.3) is 0 Å². The molecule has 3 aromatic carbocycles. The molecule has 0 radical (unpaired) electrons. The third-order valence-electron chi connectivity index (χ3n) is 7.70. The number of anilines is 3. The van der Waals surface area contributed by atoms with Crippen molar-refractivity contribution in [2.75, 3.05) is 103 Å². The number of benzene rings is 3. The van der Waals surface area contributed by atoms with Gasteiger partial charge in [0, 0.05) is 63.7 Å². The quantitative estimate of drug-likeness (QED) is 0.112. The third kappa shape index (κ3) is 10.8. The second-order valence-electron chi connectivity index (χ2n) is 11.0. The van der Waals surface area contributed by atoms with E-state index in [2.05, 4.69) is 49.5 Å². The zero-order valence-electron chi connectivity index (χ0n) is 27.7. The first-order valence-corrected chi connectivity index (χ1v) is 15.0. The van der Waals surface area contributed by atoms with Crippen LogP contribution < -0.4 is 41.2 Å². The van der Waals surface area contributed by atoms with Gasteiger partial charge in [0.1, 0.15) is 23.0 Å². The molecular formula is C32H46FN9O5. The third-order valence-corrected chi connectivity index (χ3v) is 7.70. The fourth-order valence-electron chi connectivity index (χ4n) is 4.96. The van der Waals surface area contributed by atoms with Crippen molar-refractivity contribution in [3.63, 3.8) is 0 Å². The fourth-order valence-corrected chi connectivity index (χ4v) is 4.96. The molecule has 0 spiro atoms. The summed E-state index contributed by atoms with van der Waals surface area (Å²) in [5.74, 6) is 0.863. The molecule has 2 saturated heterocycles. The lowest BCUT2D eigenvalue weighted by atomic mass is 10.2. The van der Waals surface area contributed by atoms with E-state index in [0.717, 1.165) is 75.9 Å². The number of aliphatic imine (C=N–C) groups is 1. The summed E-state index contributed by atoms with van der Waals surface area (Å²) in [5.41, 5.74) is 20.1. The van der Waals surface area contributed by atoms with Crippen molar-refractivity contribution >= 4 is 34.4 Å². The molecule has 15 heteroatoms. The predicted molar refractivity (Wildman–Crippen MR) is 185 cm³/mol. The highest BCUT2D eigenvalue weighted by Gasteiger charge is 2.17. The smallest absolute Gasteiger partial charge is 0.313 e. The second kappa shape index (κ2) is 17.6. The highest BCUT2D eigenvalue weighted by molar-refractivity contribution is 5.81. The van der Waals surface area contributed by atoms with Crippen LogP contribution >= 0.6 is 0 Å². The number of nitrogen functional groups attached to an aromatic ring is 1. The molecule has 3 aromatic rings. The molecule has 47 heavy (non-hydrogen) atoms. The van der Waals surface area contributed by atoms with Crippen LogP contribution in [0.3, 0.4) is 0 Å². The van der Waals surface area contributed by atoms with Crippen LogP contribution in [0.4, 0.5) is 32.8 Å². The Balaban J connectivity index is 0.000000197. The van der Waals surface area contributed by atoms with Crippen molar-refractivity contribution in [2.45, 2.75) is 0 Å². The van der Waals surface area contributed by atoms with E-state index >= 15 is 0 Å². The summed E-state index contributed by atoms with van der Waals surface area (Å²) < 4.78 is 27.6. The molecule has 2 fully saturated rings. The molecule has 14 nitrogen and oxygen atoms in total. The number of nitrogens with two attached hydrogens (primary N) is 3. The Morgan fingerprint density at radius 2 is 1.21 bits per heavy atom. The predicted octanol–water partition coefficient (Wildman–Crippen LogP) is 3.12. The Morgan fingerprint density at radius 1 is 0.745 bits per heavy atom. The minimum Gasteiger partial charge on any atom is -0.495 e.